The lowest BCUT2D eigenvalue weighted by atomic mass is 9.91. The first-order valence-corrected chi connectivity index (χ1v) is 6.24. The summed E-state index contributed by atoms with van der Waals surface area (Å²) in [6, 6.07) is 3.42. The van der Waals surface area contributed by atoms with Gasteiger partial charge < -0.3 is 10.1 Å². The zero-order chi connectivity index (χ0) is 12.3. The SMILES string of the molecule is COc1cc(CC2CCCNC2)c(F)cc1C. The molecular weight excluding hydrogens is 217 g/mol. The van der Waals surface area contributed by atoms with E-state index in [1.54, 1.807) is 13.2 Å². The molecule has 0 saturated carbocycles. The number of halogens is 1. The van der Waals surface area contributed by atoms with Crippen LogP contribution in [-0.4, -0.2) is 20.2 Å². The van der Waals surface area contributed by atoms with E-state index in [0.29, 0.717) is 5.92 Å². The van der Waals surface area contributed by atoms with Crippen molar-refractivity contribution in [2.24, 2.45) is 5.92 Å². The van der Waals surface area contributed by atoms with E-state index in [0.717, 1.165) is 36.4 Å². The lowest BCUT2D eigenvalue weighted by Gasteiger charge is -2.23. The minimum atomic E-state index is -0.103. The fraction of sp³-hybridized carbons (Fsp3) is 0.571. The van der Waals surface area contributed by atoms with Crippen LogP contribution in [0.3, 0.4) is 0 Å². The Bertz CT molecular complexity index is 386. The molecule has 1 N–H and O–H groups in total. The first-order valence-electron chi connectivity index (χ1n) is 6.24. The van der Waals surface area contributed by atoms with E-state index in [2.05, 4.69) is 5.32 Å². The molecule has 1 fully saturated rings. The number of aryl methyl sites for hydroxylation is 1. The van der Waals surface area contributed by atoms with Gasteiger partial charge in [0.2, 0.25) is 0 Å². The van der Waals surface area contributed by atoms with Gasteiger partial charge in [-0.25, -0.2) is 4.39 Å². The van der Waals surface area contributed by atoms with Crippen molar-refractivity contribution in [3.05, 3.63) is 29.1 Å². The molecule has 0 aromatic heterocycles. The highest BCUT2D eigenvalue weighted by atomic mass is 19.1. The highest BCUT2D eigenvalue weighted by molar-refractivity contribution is 5.37. The van der Waals surface area contributed by atoms with Gasteiger partial charge in [-0.1, -0.05) is 0 Å². The van der Waals surface area contributed by atoms with Gasteiger partial charge in [-0.3, -0.25) is 0 Å². The van der Waals surface area contributed by atoms with Crippen molar-refractivity contribution in [3.63, 3.8) is 0 Å². The Morgan fingerprint density at radius 3 is 2.94 bits per heavy atom. The highest BCUT2D eigenvalue weighted by Gasteiger charge is 2.16. The van der Waals surface area contributed by atoms with Crippen LogP contribution in [0.25, 0.3) is 0 Å². The second kappa shape index (κ2) is 5.50. The molecule has 1 aromatic carbocycles. The lowest BCUT2D eigenvalue weighted by molar-refractivity contribution is 0.369. The Labute approximate surface area is 102 Å². The number of benzene rings is 1. The summed E-state index contributed by atoms with van der Waals surface area (Å²) in [5.41, 5.74) is 1.64. The molecule has 17 heavy (non-hydrogen) atoms. The molecule has 1 aliphatic heterocycles. The van der Waals surface area contributed by atoms with Crippen molar-refractivity contribution >= 4 is 0 Å². The van der Waals surface area contributed by atoms with Crippen LogP contribution in [-0.2, 0) is 6.42 Å². The topological polar surface area (TPSA) is 21.3 Å². The Hall–Kier alpha value is -1.09. The zero-order valence-electron chi connectivity index (χ0n) is 10.6. The molecule has 1 aliphatic rings. The van der Waals surface area contributed by atoms with E-state index >= 15 is 0 Å². The molecule has 0 amide bonds. The molecule has 2 nitrogen and oxygen atoms in total. The van der Waals surface area contributed by atoms with E-state index in [9.17, 15) is 4.39 Å². The molecule has 1 heterocycles. The molecule has 0 aliphatic carbocycles. The van der Waals surface area contributed by atoms with Crippen LogP contribution in [0.4, 0.5) is 4.39 Å². The highest BCUT2D eigenvalue weighted by Crippen LogP contribution is 2.25. The van der Waals surface area contributed by atoms with Gasteiger partial charge in [0.1, 0.15) is 11.6 Å². The third-order valence-electron chi connectivity index (χ3n) is 3.47. The van der Waals surface area contributed by atoms with Gasteiger partial charge in [-0.05, 0) is 68.5 Å². The number of methoxy groups -OCH3 is 1. The second-order valence-corrected chi connectivity index (χ2v) is 4.83. The standard InChI is InChI=1S/C14H20FNO/c1-10-6-13(15)12(8-14(10)17-2)7-11-4-3-5-16-9-11/h6,8,11,16H,3-5,7,9H2,1-2H3. The van der Waals surface area contributed by atoms with Crippen LogP contribution in [0.15, 0.2) is 12.1 Å². The van der Waals surface area contributed by atoms with Crippen LogP contribution < -0.4 is 10.1 Å². The maximum atomic E-state index is 13.8. The van der Waals surface area contributed by atoms with E-state index in [1.165, 1.54) is 12.8 Å². The van der Waals surface area contributed by atoms with Crippen LogP contribution >= 0.6 is 0 Å². The number of rotatable bonds is 3. The fourth-order valence-corrected chi connectivity index (χ4v) is 2.48. The average molecular weight is 237 g/mol. The summed E-state index contributed by atoms with van der Waals surface area (Å²) >= 11 is 0. The number of nitrogens with one attached hydrogen (secondary N) is 1. The van der Waals surface area contributed by atoms with Crippen molar-refractivity contribution in [3.8, 4) is 5.75 Å². The predicted molar refractivity (Wildman–Crippen MR) is 67.0 cm³/mol. The van der Waals surface area contributed by atoms with Crippen molar-refractivity contribution in [2.45, 2.75) is 26.2 Å². The van der Waals surface area contributed by atoms with Gasteiger partial charge in [-0.2, -0.15) is 0 Å². The summed E-state index contributed by atoms with van der Waals surface area (Å²) in [5, 5.41) is 3.36. The Kier molecular flexibility index (Phi) is 4.00. The van der Waals surface area contributed by atoms with Gasteiger partial charge in [-0.15, -0.1) is 0 Å². The van der Waals surface area contributed by atoms with Crippen molar-refractivity contribution in [2.75, 3.05) is 20.2 Å². The number of ether oxygens (including phenoxy) is 1. The molecule has 3 heteroatoms. The Balaban J connectivity index is 2.13. The molecule has 0 spiro atoms. The van der Waals surface area contributed by atoms with Gasteiger partial charge in [0, 0.05) is 0 Å². The van der Waals surface area contributed by atoms with E-state index in [4.69, 9.17) is 4.74 Å². The Morgan fingerprint density at radius 2 is 2.29 bits per heavy atom. The molecule has 1 aromatic rings. The summed E-state index contributed by atoms with van der Waals surface area (Å²) in [6.07, 6.45) is 3.17. The molecule has 2 rings (SSSR count). The van der Waals surface area contributed by atoms with E-state index < -0.39 is 0 Å². The first-order chi connectivity index (χ1) is 8.20. The van der Waals surface area contributed by atoms with Crippen LogP contribution in [0.5, 0.6) is 5.75 Å². The van der Waals surface area contributed by atoms with Crippen molar-refractivity contribution < 1.29 is 9.13 Å². The normalized spacial score (nSPS) is 20.3. The smallest absolute Gasteiger partial charge is 0.126 e. The van der Waals surface area contributed by atoms with Gasteiger partial charge in [0.25, 0.3) is 0 Å². The fourth-order valence-electron chi connectivity index (χ4n) is 2.48. The van der Waals surface area contributed by atoms with Crippen LogP contribution in [0.1, 0.15) is 24.0 Å². The average Bonchev–Trinajstić information content (AvgIpc) is 2.34. The second-order valence-electron chi connectivity index (χ2n) is 4.83. The third-order valence-corrected chi connectivity index (χ3v) is 3.47. The van der Waals surface area contributed by atoms with E-state index in [-0.39, 0.29) is 5.82 Å². The quantitative estimate of drug-likeness (QED) is 0.872. The van der Waals surface area contributed by atoms with Crippen molar-refractivity contribution in [1.29, 1.82) is 0 Å². The van der Waals surface area contributed by atoms with Crippen LogP contribution in [0.2, 0.25) is 0 Å². The summed E-state index contributed by atoms with van der Waals surface area (Å²) in [6.45, 7) is 3.96. The van der Waals surface area contributed by atoms with E-state index in [1.807, 2.05) is 13.0 Å². The molecule has 0 radical (unpaired) electrons. The summed E-state index contributed by atoms with van der Waals surface area (Å²) < 4.78 is 19.1. The first kappa shape index (κ1) is 12.4. The van der Waals surface area contributed by atoms with Crippen LogP contribution in [0, 0.1) is 18.7 Å². The molecule has 94 valence electrons. The molecule has 0 bridgehead atoms. The predicted octanol–water partition coefficient (Wildman–Crippen LogP) is 2.68. The minimum Gasteiger partial charge on any atom is -0.496 e. The monoisotopic (exact) mass is 237 g/mol. The summed E-state index contributed by atoms with van der Waals surface area (Å²) in [4.78, 5) is 0. The van der Waals surface area contributed by atoms with Crippen molar-refractivity contribution in [1.82, 2.24) is 5.32 Å². The lowest BCUT2D eigenvalue weighted by Crippen LogP contribution is -2.31. The number of piperidine rings is 1. The van der Waals surface area contributed by atoms with Gasteiger partial charge in [0.15, 0.2) is 0 Å². The maximum Gasteiger partial charge on any atom is 0.126 e. The summed E-state index contributed by atoms with van der Waals surface area (Å²) in [5.74, 6) is 1.23. The zero-order valence-corrected chi connectivity index (χ0v) is 10.6. The largest absolute Gasteiger partial charge is 0.496 e. The number of hydrogen-bond donors (Lipinski definition) is 1. The molecule has 1 atom stereocenters. The third kappa shape index (κ3) is 2.97. The minimum absolute atomic E-state index is 0.103. The molecular formula is C14H20FNO. The maximum absolute atomic E-state index is 13.8. The summed E-state index contributed by atoms with van der Waals surface area (Å²) in [7, 11) is 1.63. The molecule has 1 unspecified atom stereocenters. The Morgan fingerprint density at radius 1 is 1.47 bits per heavy atom. The van der Waals surface area contributed by atoms with Gasteiger partial charge in [0.05, 0.1) is 7.11 Å². The van der Waals surface area contributed by atoms with Gasteiger partial charge >= 0.3 is 0 Å². The molecule has 1 saturated heterocycles. The number of hydrogen-bond acceptors (Lipinski definition) is 2.